The Kier molecular flexibility index (Phi) is 2.75. The topological polar surface area (TPSA) is 40.7 Å². The van der Waals surface area contributed by atoms with E-state index in [4.69, 9.17) is 0 Å². The fraction of sp³-hybridized carbons (Fsp3) is 0.500. The number of hydrogen-bond acceptors (Lipinski definition) is 2. The summed E-state index contributed by atoms with van der Waals surface area (Å²) >= 11 is 0. The van der Waals surface area contributed by atoms with Crippen LogP contribution in [0.15, 0.2) is 24.4 Å². The van der Waals surface area contributed by atoms with Crippen molar-refractivity contribution in [1.82, 2.24) is 10.2 Å². The van der Waals surface area contributed by atoms with Crippen LogP contribution in [-0.2, 0) is 0 Å². The zero-order valence-corrected chi connectivity index (χ0v) is 10.2. The van der Waals surface area contributed by atoms with Crippen LogP contribution in [0.4, 0.5) is 5.69 Å². The molecule has 1 fully saturated rings. The normalized spacial score (nSPS) is 17.9. The molecule has 1 aromatic carbocycles. The van der Waals surface area contributed by atoms with Crippen molar-refractivity contribution in [3.63, 3.8) is 0 Å². The SMILES string of the molecule is CC(CC1CCC1)Nc1ccc2[nH]ncc2c1. The fourth-order valence-corrected chi connectivity index (χ4v) is 2.60. The van der Waals surface area contributed by atoms with Crippen molar-refractivity contribution in [2.75, 3.05) is 5.32 Å². The Balaban J connectivity index is 1.66. The monoisotopic (exact) mass is 229 g/mol. The second kappa shape index (κ2) is 4.40. The van der Waals surface area contributed by atoms with Gasteiger partial charge in [-0.05, 0) is 37.5 Å². The number of nitrogens with one attached hydrogen (secondary N) is 2. The molecule has 1 aliphatic carbocycles. The highest BCUT2D eigenvalue weighted by Crippen LogP contribution is 2.31. The molecule has 1 saturated carbocycles. The molecule has 3 rings (SSSR count). The second-order valence-corrected chi connectivity index (χ2v) is 5.25. The minimum atomic E-state index is 0.560. The predicted octanol–water partition coefficient (Wildman–Crippen LogP) is 3.55. The molecule has 0 saturated heterocycles. The number of aromatic amines is 1. The van der Waals surface area contributed by atoms with Gasteiger partial charge in [0.15, 0.2) is 0 Å². The van der Waals surface area contributed by atoms with Crippen LogP contribution in [0.1, 0.15) is 32.6 Å². The van der Waals surface area contributed by atoms with Gasteiger partial charge in [-0.15, -0.1) is 0 Å². The van der Waals surface area contributed by atoms with Gasteiger partial charge < -0.3 is 5.32 Å². The number of nitrogens with zero attached hydrogens (tertiary/aromatic N) is 1. The first-order valence-electron chi connectivity index (χ1n) is 6.51. The summed E-state index contributed by atoms with van der Waals surface area (Å²) in [5.74, 6) is 0.954. The lowest BCUT2D eigenvalue weighted by Crippen LogP contribution is -2.23. The Bertz CT molecular complexity index is 499. The van der Waals surface area contributed by atoms with E-state index in [2.05, 4.69) is 40.6 Å². The van der Waals surface area contributed by atoms with Gasteiger partial charge in [0.1, 0.15) is 0 Å². The second-order valence-electron chi connectivity index (χ2n) is 5.25. The van der Waals surface area contributed by atoms with Crippen molar-refractivity contribution < 1.29 is 0 Å². The molecule has 0 radical (unpaired) electrons. The maximum Gasteiger partial charge on any atom is 0.0651 e. The van der Waals surface area contributed by atoms with Gasteiger partial charge >= 0.3 is 0 Å². The molecular formula is C14H19N3. The minimum Gasteiger partial charge on any atom is -0.383 e. The van der Waals surface area contributed by atoms with Crippen molar-refractivity contribution in [1.29, 1.82) is 0 Å². The summed E-state index contributed by atoms with van der Waals surface area (Å²) < 4.78 is 0. The molecule has 2 N–H and O–H groups in total. The summed E-state index contributed by atoms with van der Waals surface area (Å²) in [5.41, 5.74) is 2.30. The highest BCUT2D eigenvalue weighted by Gasteiger charge is 2.19. The van der Waals surface area contributed by atoms with E-state index >= 15 is 0 Å². The van der Waals surface area contributed by atoms with E-state index in [1.807, 2.05) is 6.20 Å². The summed E-state index contributed by atoms with van der Waals surface area (Å²) in [6.45, 7) is 2.28. The molecule has 3 nitrogen and oxygen atoms in total. The predicted molar refractivity (Wildman–Crippen MR) is 71.1 cm³/mol. The Morgan fingerprint density at radius 2 is 2.35 bits per heavy atom. The molecule has 0 aliphatic heterocycles. The molecule has 1 aliphatic rings. The van der Waals surface area contributed by atoms with Crippen LogP contribution in [0.2, 0.25) is 0 Å². The maximum absolute atomic E-state index is 4.04. The first kappa shape index (κ1) is 10.6. The van der Waals surface area contributed by atoms with Gasteiger partial charge in [0.05, 0.1) is 11.7 Å². The van der Waals surface area contributed by atoms with Gasteiger partial charge in [0, 0.05) is 17.1 Å². The summed E-state index contributed by atoms with van der Waals surface area (Å²) in [6.07, 6.45) is 7.44. The molecule has 1 atom stereocenters. The number of anilines is 1. The Morgan fingerprint density at radius 3 is 3.12 bits per heavy atom. The minimum absolute atomic E-state index is 0.560. The number of fused-ring (bicyclic) bond motifs is 1. The van der Waals surface area contributed by atoms with Gasteiger partial charge in [-0.25, -0.2) is 0 Å². The van der Waals surface area contributed by atoms with E-state index < -0.39 is 0 Å². The van der Waals surface area contributed by atoms with Gasteiger partial charge in [-0.1, -0.05) is 19.3 Å². The summed E-state index contributed by atoms with van der Waals surface area (Å²) in [4.78, 5) is 0. The molecule has 90 valence electrons. The van der Waals surface area contributed by atoms with E-state index in [1.54, 1.807) is 0 Å². The molecule has 0 amide bonds. The molecule has 3 heteroatoms. The lowest BCUT2D eigenvalue weighted by molar-refractivity contribution is 0.286. The summed E-state index contributed by atoms with van der Waals surface area (Å²) in [7, 11) is 0. The molecule has 2 aromatic rings. The van der Waals surface area contributed by atoms with Crippen LogP contribution in [0.25, 0.3) is 10.9 Å². The lowest BCUT2D eigenvalue weighted by Gasteiger charge is -2.28. The zero-order chi connectivity index (χ0) is 11.7. The van der Waals surface area contributed by atoms with Crippen LogP contribution in [0, 0.1) is 5.92 Å². The number of aromatic nitrogens is 2. The smallest absolute Gasteiger partial charge is 0.0651 e. The quantitative estimate of drug-likeness (QED) is 0.841. The molecule has 0 bridgehead atoms. The van der Waals surface area contributed by atoms with E-state index in [-0.39, 0.29) is 0 Å². The molecule has 1 heterocycles. The molecule has 1 aromatic heterocycles. The third-order valence-corrected chi connectivity index (χ3v) is 3.76. The van der Waals surface area contributed by atoms with E-state index in [9.17, 15) is 0 Å². The van der Waals surface area contributed by atoms with Gasteiger partial charge in [-0.3, -0.25) is 5.10 Å². The molecule has 1 unspecified atom stereocenters. The molecular weight excluding hydrogens is 210 g/mol. The van der Waals surface area contributed by atoms with Crippen LogP contribution in [-0.4, -0.2) is 16.2 Å². The molecule has 17 heavy (non-hydrogen) atoms. The first-order valence-corrected chi connectivity index (χ1v) is 6.51. The third kappa shape index (κ3) is 2.28. The van der Waals surface area contributed by atoms with Crippen molar-refractivity contribution in [3.05, 3.63) is 24.4 Å². The summed E-state index contributed by atoms with van der Waals surface area (Å²) in [6, 6.07) is 6.93. The van der Waals surface area contributed by atoms with Gasteiger partial charge in [0.25, 0.3) is 0 Å². The maximum atomic E-state index is 4.04. The third-order valence-electron chi connectivity index (χ3n) is 3.76. The summed E-state index contributed by atoms with van der Waals surface area (Å²) in [5, 5.41) is 11.8. The average molecular weight is 229 g/mol. The van der Waals surface area contributed by atoms with E-state index in [0.29, 0.717) is 6.04 Å². The van der Waals surface area contributed by atoms with Crippen molar-refractivity contribution in [2.24, 2.45) is 5.92 Å². The number of benzene rings is 1. The van der Waals surface area contributed by atoms with Gasteiger partial charge in [0.2, 0.25) is 0 Å². The van der Waals surface area contributed by atoms with Crippen LogP contribution >= 0.6 is 0 Å². The van der Waals surface area contributed by atoms with E-state index in [0.717, 1.165) is 11.4 Å². The average Bonchev–Trinajstić information content (AvgIpc) is 2.71. The standard InChI is InChI=1S/C14H19N3/c1-10(7-11-3-2-4-11)16-13-5-6-14-12(8-13)9-15-17-14/h5-6,8-11,16H,2-4,7H2,1H3,(H,15,17). The Morgan fingerprint density at radius 1 is 1.47 bits per heavy atom. The van der Waals surface area contributed by atoms with Crippen molar-refractivity contribution in [2.45, 2.75) is 38.6 Å². The largest absolute Gasteiger partial charge is 0.383 e. The lowest BCUT2D eigenvalue weighted by atomic mass is 9.81. The van der Waals surface area contributed by atoms with Crippen LogP contribution in [0.3, 0.4) is 0 Å². The Hall–Kier alpha value is -1.51. The molecule has 0 spiro atoms. The highest BCUT2D eigenvalue weighted by atomic mass is 15.1. The van der Waals surface area contributed by atoms with E-state index in [1.165, 1.54) is 36.8 Å². The van der Waals surface area contributed by atoms with Crippen molar-refractivity contribution in [3.8, 4) is 0 Å². The van der Waals surface area contributed by atoms with Crippen molar-refractivity contribution >= 4 is 16.6 Å². The number of rotatable bonds is 4. The highest BCUT2D eigenvalue weighted by molar-refractivity contribution is 5.81. The first-order chi connectivity index (χ1) is 8.31. The zero-order valence-electron chi connectivity index (χ0n) is 10.2. The number of hydrogen-bond donors (Lipinski definition) is 2. The van der Waals surface area contributed by atoms with Crippen LogP contribution in [0.5, 0.6) is 0 Å². The number of H-pyrrole nitrogens is 1. The van der Waals surface area contributed by atoms with Gasteiger partial charge in [-0.2, -0.15) is 5.10 Å². The Labute approximate surface area is 102 Å². The fourth-order valence-electron chi connectivity index (χ4n) is 2.60. The van der Waals surface area contributed by atoms with Crippen LogP contribution < -0.4 is 5.32 Å².